The van der Waals surface area contributed by atoms with Crippen LogP contribution >= 0.6 is 24.2 Å². The molecule has 2 aromatic rings. The van der Waals surface area contributed by atoms with Gasteiger partial charge in [-0.2, -0.15) is 11.8 Å². The Hall–Kier alpha value is -1.24. The summed E-state index contributed by atoms with van der Waals surface area (Å²) in [4.78, 5) is 16.3. The molecule has 0 radical (unpaired) electrons. The maximum Gasteiger partial charge on any atom is 0.241 e. The second-order valence-corrected chi connectivity index (χ2v) is 5.51. The molecule has 0 aliphatic heterocycles. The third-order valence-corrected chi connectivity index (χ3v) is 3.62. The van der Waals surface area contributed by atoms with E-state index >= 15 is 0 Å². The number of aromatic nitrogens is 1. The summed E-state index contributed by atoms with van der Waals surface area (Å²) in [5, 5.41) is 2.82. The highest BCUT2D eigenvalue weighted by atomic mass is 35.5. The first-order valence-electron chi connectivity index (χ1n) is 6.59. The molecule has 1 aromatic heterocycles. The van der Waals surface area contributed by atoms with Crippen LogP contribution in [0.3, 0.4) is 0 Å². The van der Waals surface area contributed by atoms with Gasteiger partial charge in [-0.3, -0.25) is 4.79 Å². The number of amides is 1. The molecule has 0 saturated heterocycles. The number of hydrogen-bond acceptors (Lipinski definition) is 5. The Morgan fingerprint density at radius 1 is 1.52 bits per heavy atom. The number of aryl methyl sites for hydroxylation is 1. The predicted molar refractivity (Wildman–Crippen MR) is 90.2 cm³/mol. The van der Waals surface area contributed by atoms with Gasteiger partial charge in [0.1, 0.15) is 5.52 Å². The van der Waals surface area contributed by atoms with Gasteiger partial charge in [0.2, 0.25) is 5.91 Å². The van der Waals surface area contributed by atoms with Gasteiger partial charge in [0.05, 0.1) is 6.04 Å². The molecule has 1 heterocycles. The van der Waals surface area contributed by atoms with Crippen LogP contribution in [0.1, 0.15) is 19.2 Å². The molecular weight excluding hydrogens is 310 g/mol. The molecule has 3 N–H and O–H groups in total. The number of carbonyl (C=O) groups is 1. The van der Waals surface area contributed by atoms with E-state index in [2.05, 4.69) is 10.3 Å². The quantitative estimate of drug-likeness (QED) is 0.851. The van der Waals surface area contributed by atoms with E-state index < -0.39 is 6.04 Å². The Labute approximate surface area is 134 Å². The van der Waals surface area contributed by atoms with E-state index in [1.165, 1.54) is 0 Å². The number of rotatable bonds is 6. The van der Waals surface area contributed by atoms with Gasteiger partial charge in [-0.15, -0.1) is 12.4 Å². The first kappa shape index (κ1) is 17.8. The zero-order valence-electron chi connectivity index (χ0n) is 12.1. The number of hydrogen-bond donors (Lipinski definition) is 2. The van der Waals surface area contributed by atoms with Crippen molar-refractivity contribution in [1.29, 1.82) is 0 Å². The van der Waals surface area contributed by atoms with E-state index in [1.807, 2.05) is 19.2 Å². The van der Waals surface area contributed by atoms with Gasteiger partial charge in [0.25, 0.3) is 0 Å². The lowest BCUT2D eigenvalue weighted by atomic mass is 10.2. The Morgan fingerprint density at radius 2 is 2.29 bits per heavy atom. The number of nitrogens with one attached hydrogen (secondary N) is 1. The van der Waals surface area contributed by atoms with Gasteiger partial charge in [-0.05, 0) is 36.6 Å². The fraction of sp³-hybridized carbons (Fsp3) is 0.429. The number of benzene rings is 1. The summed E-state index contributed by atoms with van der Waals surface area (Å²) in [6.07, 6.45) is 3.41. The normalized spacial score (nSPS) is 12.0. The zero-order valence-corrected chi connectivity index (χ0v) is 13.7. The monoisotopic (exact) mass is 329 g/mol. The summed E-state index contributed by atoms with van der Waals surface area (Å²) in [6.45, 7) is 1.98. The van der Waals surface area contributed by atoms with E-state index in [4.69, 9.17) is 10.2 Å². The van der Waals surface area contributed by atoms with Crippen molar-refractivity contribution in [3.63, 3.8) is 0 Å². The first-order chi connectivity index (χ1) is 9.63. The largest absolute Gasteiger partial charge is 0.441 e. The van der Waals surface area contributed by atoms with Crippen molar-refractivity contribution in [2.24, 2.45) is 5.73 Å². The number of carbonyl (C=O) groups excluding carboxylic acids is 1. The second-order valence-electron chi connectivity index (χ2n) is 4.52. The molecule has 2 rings (SSSR count). The van der Waals surface area contributed by atoms with Crippen molar-refractivity contribution in [2.75, 3.05) is 17.3 Å². The molecule has 0 aliphatic rings. The number of nitrogens with zero attached hydrogens (tertiary/aromatic N) is 1. The second kappa shape index (κ2) is 8.26. The third kappa shape index (κ3) is 4.62. The topological polar surface area (TPSA) is 81.2 Å². The Bertz CT molecular complexity index is 603. The zero-order chi connectivity index (χ0) is 14.5. The van der Waals surface area contributed by atoms with Crippen LogP contribution in [0.25, 0.3) is 11.1 Å². The van der Waals surface area contributed by atoms with Crippen molar-refractivity contribution in [3.05, 3.63) is 24.1 Å². The van der Waals surface area contributed by atoms with E-state index in [9.17, 15) is 4.79 Å². The number of oxazole rings is 1. The van der Waals surface area contributed by atoms with Crippen molar-refractivity contribution >= 4 is 46.9 Å². The Balaban J connectivity index is 0.00000220. The summed E-state index contributed by atoms with van der Waals surface area (Å²) in [6, 6.07) is 4.93. The van der Waals surface area contributed by atoms with Crippen molar-refractivity contribution in [2.45, 2.75) is 25.8 Å². The molecule has 1 amide bonds. The molecule has 21 heavy (non-hydrogen) atoms. The molecule has 0 aliphatic carbocycles. The molecule has 7 heteroatoms. The van der Waals surface area contributed by atoms with Gasteiger partial charge < -0.3 is 15.5 Å². The minimum absolute atomic E-state index is 0. The summed E-state index contributed by atoms with van der Waals surface area (Å²) in [5.74, 6) is 1.40. The van der Waals surface area contributed by atoms with Gasteiger partial charge in [0.15, 0.2) is 11.5 Å². The van der Waals surface area contributed by atoms with Gasteiger partial charge in [-0.1, -0.05) is 6.92 Å². The lowest BCUT2D eigenvalue weighted by Crippen LogP contribution is -2.36. The van der Waals surface area contributed by atoms with Crippen LogP contribution in [-0.2, 0) is 11.2 Å². The molecule has 116 valence electrons. The lowest BCUT2D eigenvalue weighted by Gasteiger charge is -2.11. The summed E-state index contributed by atoms with van der Waals surface area (Å²) < 4.78 is 5.53. The summed E-state index contributed by atoms with van der Waals surface area (Å²) in [7, 11) is 0. The van der Waals surface area contributed by atoms with E-state index in [-0.39, 0.29) is 18.3 Å². The number of anilines is 1. The van der Waals surface area contributed by atoms with E-state index in [0.29, 0.717) is 18.0 Å². The van der Waals surface area contributed by atoms with Crippen molar-refractivity contribution < 1.29 is 9.21 Å². The molecular formula is C14H20ClN3O2S. The number of nitrogens with two attached hydrogens (primary N) is 1. The smallest absolute Gasteiger partial charge is 0.241 e. The molecule has 0 bridgehead atoms. The predicted octanol–water partition coefficient (Wildman–Crippen LogP) is 2.83. The minimum atomic E-state index is -0.485. The highest BCUT2D eigenvalue weighted by Gasteiger charge is 2.13. The van der Waals surface area contributed by atoms with Crippen LogP contribution in [0.2, 0.25) is 0 Å². The van der Waals surface area contributed by atoms with Gasteiger partial charge >= 0.3 is 0 Å². The average Bonchev–Trinajstić information content (AvgIpc) is 2.86. The number of thioether (sulfide) groups is 1. The third-order valence-electron chi connectivity index (χ3n) is 2.97. The summed E-state index contributed by atoms with van der Waals surface area (Å²) in [5.41, 5.74) is 8.00. The van der Waals surface area contributed by atoms with Crippen LogP contribution in [0, 0.1) is 0 Å². The standard InChI is InChI=1S/C14H19N3O2S.ClH/c1-3-13-17-11-8-9(4-5-12(11)19-13)16-14(18)10(15)6-7-20-2;/h4-5,8,10H,3,6-7,15H2,1-2H3,(H,16,18);1H/t10-;/m0./s1. The highest BCUT2D eigenvalue weighted by Crippen LogP contribution is 2.20. The van der Waals surface area contributed by atoms with Crippen LogP contribution < -0.4 is 11.1 Å². The van der Waals surface area contributed by atoms with Crippen molar-refractivity contribution in [1.82, 2.24) is 4.98 Å². The van der Waals surface area contributed by atoms with Crippen LogP contribution in [-0.4, -0.2) is 28.9 Å². The van der Waals surface area contributed by atoms with Gasteiger partial charge in [0, 0.05) is 12.1 Å². The molecule has 0 saturated carbocycles. The molecule has 0 spiro atoms. The fourth-order valence-corrected chi connectivity index (χ4v) is 2.30. The minimum Gasteiger partial charge on any atom is -0.441 e. The molecule has 1 aromatic carbocycles. The van der Waals surface area contributed by atoms with E-state index in [0.717, 1.165) is 23.3 Å². The van der Waals surface area contributed by atoms with Crippen LogP contribution in [0.4, 0.5) is 5.69 Å². The number of halogens is 1. The van der Waals surface area contributed by atoms with Gasteiger partial charge in [-0.25, -0.2) is 4.98 Å². The Kier molecular flexibility index (Phi) is 7.01. The maximum absolute atomic E-state index is 11.9. The van der Waals surface area contributed by atoms with Crippen LogP contribution in [0.15, 0.2) is 22.6 Å². The van der Waals surface area contributed by atoms with E-state index in [1.54, 1.807) is 23.9 Å². The highest BCUT2D eigenvalue weighted by molar-refractivity contribution is 7.98. The fourth-order valence-electron chi connectivity index (χ4n) is 1.81. The van der Waals surface area contributed by atoms with Crippen molar-refractivity contribution in [3.8, 4) is 0 Å². The number of fused-ring (bicyclic) bond motifs is 1. The summed E-state index contributed by atoms with van der Waals surface area (Å²) >= 11 is 1.68. The average molecular weight is 330 g/mol. The maximum atomic E-state index is 11.9. The first-order valence-corrected chi connectivity index (χ1v) is 7.98. The molecule has 0 fully saturated rings. The molecule has 5 nitrogen and oxygen atoms in total. The SMILES string of the molecule is CCc1nc2cc(NC(=O)[C@@H](N)CCSC)ccc2o1.Cl. The molecule has 0 unspecified atom stereocenters. The molecule has 1 atom stereocenters. The van der Waals surface area contributed by atoms with Crippen LogP contribution in [0.5, 0.6) is 0 Å². The lowest BCUT2D eigenvalue weighted by molar-refractivity contribution is -0.117. The Morgan fingerprint density at radius 3 is 2.95 bits per heavy atom.